The van der Waals surface area contributed by atoms with E-state index in [1.54, 1.807) is 0 Å². The number of hydrogen-bond donors (Lipinski definition) is 2. The van der Waals surface area contributed by atoms with Crippen LogP contribution in [0, 0.1) is 12.3 Å². The van der Waals surface area contributed by atoms with Gasteiger partial charge in [-0.15, -0.1) is 0 Å². The van der Waals surface area contributed by atoms with Crippen LogP contribution in [0.3, 0.4) is 0 Å². The van der Waals surface area contributed by atoms with E-state index >= 15 is 0 Å². The van der Waals surface area contributed by atoms with Crippen molar-refractivity contribution in [3.63, 3.8) is 0 Å². The molecular formula is C10H18N2O. The standard InChI is InChI=1S/C10H18N2O/c1-7-4-5-8(13-7)9(12)10(2,3)6-11/h4-5,9H,6,11-12H2,1-3H3. The molecular weight excluding hydrogens is 164 g/mol. The van der Waals surface area contributed by atoms with E-state index in [0.29, 0.717) is 6.54 Å². The molecule has 4 N–H and O–H groups in total. The van der Waals surface area contributed by atoms with Gasteiger partial charge in [-0.1, -0.05) is 13.8 Å². The molecule has 1 rings (SSSR count). The normalized spacial score (nSPS) is 14.5. The Hall–Kier alpha value is -0.800. The van der Waals surface area contributed by atoms with Gasteiger partial charge in [0.15, 0.2) is 0 Å². The second-order valence-corrected chi connectivity index (χ2v) is 4.12. The molecule has 3 nitrogen and oxygen atoms in total. The molecule has 0 saturated carbocycles. The van der Waals surface area contributed by atoms with Crippen molar-refractivity contribution < 1.29 is 4.42 Å². The zero-order valence-corrected chi connectivity index (χ0v) is 8.50. The Morgan fingerprint density at radius 3 is 2.46 bits per heavy atom. The lowest BCUT2D eigenvalue weighted by atomic mass is 9.84. The molecule has 0 bridgehead atoms. The largest absolute Gasteiger partial charge is 0.465 e. The van der Waals surface area contributed by atoms with Crippen LogP contribution in [0.25, 0.3) is 0 Å². The van der Waals surface area contributed by atoms with Gasteiger partial charge in [0.25, 0.3) is 0 Å². The minimum absolute atomic E-state index is 0.121. The van der Waals surface area contributed by atoms with E-state index in [1.165, 1.54) is 0 Å². The van der Waals surface area contributed by atoms with Gasteiger partial charge >= 0.3 is 0 Å². The second-order valence-electron chi connectivity index (χ2n) is 4.12. The van der Waals surface area contributed by atoms with E-state index in [-0.39, 0.29) is 11.5 Å². The van der Waals surface area contributed by atoms with Crippen LogP contribution in [0.5, 0.6) is 0 Å². The van der Waals surface area contributed by atoms with E-state index in [2.05, 4.69) is 0 Å². The van der Waals surface area contributed by atoms with E-state index in [9.17, 15) is 0 Å². The molecule has 0 aromatic carbocycles. The number of hydrogen-bond acceptors (Lipinski definition) is 3. The molecule has 1 aromatic heterocycles. The van der Waals surface area contributed by atoms with Crippen LogP contribution in [0.2, 0.25) is 0 Å². The van der Waals surface area contributed by atoms with Crippen molar-refractivity contribution in [2.45, 2.75) is 26.8 Å². The first kappa shape index (κ1) is 10.3. The molecule has 0 spiro atoms. The number of rotatable bonds is 3. The third kappa shape index (κ3) is 2.11. The lowest BCUT2D eigenvalue weighted by molar-refractivity contribution is 0.263. The minimum atomic E-state index is -0.133. The summed E-state index contributed by atoms with van der Waals surface area (Å²) in [5, 5.41) is 0. The van der Waals surface area contributed by atoms with Gasteiger partial charge in [0.2, 0.25) is 0 Å². The van der Waals surface area contributed by atoms with Crippen LogP contribution in [0.15, 0.2) is 16.5 Å². The third-order valence-corrected chi connectivity index (χ3v) is 2.44. The van der Waals surface area contributed by atoms with Crippen LogP contribution in [-0.2, 0) is 0 Å². The maximum Gasteiger partial charge on any atom is 0.121 e. The zero-order valence-electron chi connectivity index (χ0n) is 8.50. The van der Waals surface area contributed by atoms with Gasteiger partial charge in [0.1, 0.15) is 11.5 Å². The fraction of sp³-hybridized carbons (Fsp3) is 0.600. The lowest BCUT2D eigenvalue weighted by Crippen LogP contribution is -2.35. The maximum atomic E-state index is 6.02. The molecule has 1 atom stereocenters. The summed E-state index contributed by atoms with van der Waals surface area (Å²) in [5.41, 5.74) is 11.5. The average molecular weight is 182 g/mol. The van der Waals surface area contributed by atoms with E-state index in [0.717, 1.165) is 11.5 Å². The summed E-state index contributed by atoms with van der Waals surface area (Å²) < 4.78 is 5.45. The number of furan rings is 1. The van der Waals surface area contributed by atoms with Crippen molar-refractivity contribution in [2.75, 3.05) is 6.54 Å². The van der Waals surface area contributed by atoms with Gasteiger partial charge in [-0.3, -0.25) is 0 Å². The van der Waals surface area contributed by atoms with Crippen molar-refractivity contribution in [1.82, 2.24) is 0 Å². The average Bonchev–Trinajstić information content (AvgIpc) is 2.50. The molecule has 0 aliphatic heterocycles. The van der Waals surface area contributed by atoms with Crippen molar-refractivity contribution >= 4 is 0 Å². The van der Waals surface area contributed by atoms with Gasteiger partial charge in [0.05, 0.1) is 6.04 Å². The van der Waals surface area contributed by atoms with Gasteiger partial charge < -0.3 is 15.9 Å². The summed E-state index contributed by atoms with van der Waals surface area (Å²) in [6, 6.07) is 3.70. The topological polar surface area (TPSA) is 65.2 Å². The van der Waals surface area contributed by atoms with Gasteiger partial charge in [-0.2, -0.15) is 0 Å². The first-order chi connectivity index (χ1) is 5.97. The van der Waals surface area contributed by atoms with E-state index in [4.69, 9.17) is 15.9 Å². The first-order valence-electron chi connectivity index (χ1n) is 4.49. The Morgan fingerprint density at radius 2 is 2.08 bits per heavy atom. The first-order valence-corrected chi connectivity index (χ1v) is 4.49. The quantitative estimate of drug-likeness (QED) is 0.745. The third-order valence-electron chi connectivity index (χ3n) is 2.44. The Balaban J connectivity index is 2.84. The summed E-state index contributed by atoms with van der Waals surface area (Å²) in [5.74, 6) is 1.70. The highest BCUT2D eigenvalue weighted by atomic mass is 16.3. The summed E-state index contributed by atoms with van der Waals surface area (Å²) in [7, 11) is 0. The summed E-state index contributed by atoms with van der Waals surface area (Å²) in [6.07, 6.45) is 0. The Labute approximate surface area is 79.1 Å². The highest BCUT2D eigenvalue weighted by Gasteiger charge is 2.28. The Bertz CT molecular complexity index is 278. The summed E-state index contributed by atoms with van der Waals surface area (Å²) in [4.78, 5) is 0. The van der Waals surface area contributed by atoms with Crippen LogP contribution in [-0.4, -0.2) is 6.54 Å². The number of nitrogens with two attached hydrogens (primary N) is 2. The molecule has 0 saturated heterocycles. The van der Waals surface area contributed by atoms with Crippen molar-refractivity contribution in [3.05, 3.63) is 23.7 Å². The van der Waals surface area contributed by atoms with E-state index < -0.39 is 0 Å². The van der Waals surface area contributed by atoms with Crippen LogP contribution >= 0.6 is 0 Å². The van der Waals surface area contributed by atoms with Crippen molar-refractivity contribution in [1.29, 1.82) is 0 Å². The fourth-order valence-corrected chi connectivity index (χ4v) is 1.13. The molecule has 0 radical (unpaired) electrons. The highest BCUT2D eigenvalue weighted by molar-refractivity contribution is 5.11. The molecule has 74 valence electrons. The molecule has 0 aliphatic carbocycles. The van der Waals surface area contributed by atoms with Crippen LogP contribution in [0.1, 0.15) is 31.4 Å². The minimum Gasteiger partial charge on any atom is -0.465 e. The van der Waals surface area contributed by atoms with Crippen LogP contribution < -0.4 is 11.5 Å². The Kier molecular flexibility index (Phi) is 2.78. The smallest absolute Gasteiger partial charge is 0.121 e. The second kappa shape index (κ2) is 3.52. The predicted molar refractivity (Wildman–Crippen MR) is 53.2 cm³/mol. The molecule has 1 heterocycles. The summed E-state index contributed by atoms with van der Waals surface area (Å²) in [6.45, 7) is 6.53. The molecule has 0 aliphatic rings. The van der Waals surface area contributed by atoms with Gasteiger partial charge in [-0.05, 0) is 31.0 Å². The molecule has 1 aromatic rings. The monoisotopic (exact) mass is 182 g/mol. The predicted octanol–water partition coefficient (Wildman–Crippen LogP) is 1.57. The summed E-state index contributed by atoms with van der Waals surface area (Å²) >= 11 is 0. The van der Waals surface area contributed by atoms with Crippen LogP contribution in [0.4, 0.5) is 0 Å². The zero-order chi connectivity index (χ0) is 10.1. The number of aryl methyl sites for hydroxylation is 1. The molecule has 0 amide bonds. The van der Waals surface area contributed by atoms with Gasteiger partial charge in [-0.25, -0.2) is 0 Å². The molecule has 0 fully saturated rings. The molecule has 3 heteroatoms. The SMILES string of the molecule is Cc1ccc(C(N)C(C)(C)CN)o1. The lowest BCUT2D eigenvalue weighted by Gasteiger charge is -2.28. The maximum absolute atomic E-state index is 6.02. The highest BCUT2D eigenvalue weighted by Crippen LogP contribution is 2.30. The van der Waals surface area contributed by atoms with Gasteiger partial charge in [0, 0.05) is 0 Å². The van der Waals surface area contributed by atoms with E-state index in [1.807, 2.05) is 32.9 Å². The Morgan fingerprint density at radius 1 is 1.46 bits per heavy atom. The van der Waals surface area contributed by atoms with Crippen molar-refractivity contribution in [2.24, 2.45) is 16.9 Å². The van der Waals surface area contributed by atoms with Crippen molar-refractivity contribution in [3.8, 4) is 0 Å². The molecule has 1 unspecified atom stereocenters. The molecule has 13 heavy (non-hydrogen) atoms. The fourth-order valence-electron chi connectivity index (χ4n) is 1.13.